The second-order valence-corrected chi connectivity index (χ2v) is 39.7. The van der Waals surface area contributed by atoms with E-state index in [4.69, 9.17) is 78.4 Å². The van der Waals surface area contributed by atoms with Crippen LogP contribution in [0.25, 0.3) is 0 Å². The van der Waals surface area contributed by atoms with Gasteiger partial charge in [0.15, 0.2) is 34.5 Å². The van der Waals surface area contributed by atoms with Gasteiger partial charge in [0.05, 0.1) is 67.5 Å². The maximum Gasteiger partial charge on any atom is 0.335 e. The van der Waals surface area contributed by atoms with Crippen molar-refractivity contribution in [3.63, 3.8) is 0 Å². The van der Waals surface area contributed by atoms with Crippen LogP contribution >= 0.6 is 0 Å². The molecule has 0 amide bonds. The van der Waals surface area contributed by atoms with E-state index in [0.717, 1.165) is 61.0 Å². The number of primary sulfonamides is 6. The van der Waals surface area contributed by atoms with Gasteiger partial charge in [0.2, 0.25) is 60.1 Å². The number of sulfonamides is 6. The molecule has 0 saturated heterocycles. The number of anilines is 6. The van der Waals surface area contributed by atoms with E-state index in [0.29, 0.717) is 30.1 Å². The average molecular weight is 2200 g/mol. The minimum atomic E-state index is -4.47. The third-order valence-corrected chi connectivity index (χ3v) is 24.6. The topological polar surface area (TPSA) is 712 Å². The number of carboxylic acid groups (broad SMARTS) is 6. The number of aromatic carboxylic acids is 6. The van der Waals surface area contributed by atoms with Crippen molar-refractivity contribution in [2.75, 3.05) is 71.0 Å². The third-order valence-electron chi connectivity index (χ3n) is 19.1. The number of hydrogen-bond donors (Lipinski definition) is 18. The Kier molecular flexibility index (Phi) is 39.0. The lowest BCUT2D eigenvalue weighted by molar-refractivity contribution is 0.0685. The van der Waals surface area contributed by atoms with Gasteiger partial charge in [-0.3, -0.25) is 0 Å². The molecular formula is C102H120N12O30S6. The average Bonchev–Trinajstić information content (AvgIpc) is 0.769. The molecule has 0 radical (unpaired) electrons. The van der Waals surface area contributed by atoms with Crippen LogP contribution in [0, 0.1) is 0 Å². The van der Waals surface area contributed by atoms with Gasteiger partial charge >= 0.3 is 35.8 Å². The Hall–Kier alpha value is -15.5. The van der Waals surface area contributed by atoms with Crippen LogP contribution < -0.4 is 91.2 Å². The van der Waals surface area contributed by atoms with Crippen LogP contribution in [0.2, 0.25) is 0 Å². The molecule has 150 heavy (non-hydrogen) atoms. The summed E-state index contributed by atoms with van der Waals surface area (Å²) in [5.74, 6) is -8.10. The summed E-state index contributed by atoms with van der Waals surface area (Å²) >= 11 is 0. The number of para-hydroxylation sites is 6. The van der Waals surface area contributed by atoms with E-state index in [9.17, 15) is 110 Å². The molecule has 0 aliphatic rings. The van der Waals surface area contributed by atoms with Gasteiger partial charge in [0.1, 0.15) is 63.9 Å². The number of rotatable bonds is 48. The quantitative estimate of drug-likeness (QED) is 0.0168. The predicted molar refractivity (Wildman–Crippen MR) is 568 cm³/mol. The van der Waals surface area contributed by atoms with Crippen LogP contribution in [0.5, 0.6) is 69.0 Å². The van der Waals surface area contributed by atoms with E-state index in [1.807, 2.05) is 6.92 Å². The highest BCUT2D eigenvalue weighted by atomic mass is 32.2. The van der Waals surface area contributed by atoms with Crippen LogP contribution in [-0.2, 0) is 60.1 Å². The first-order valence-corrected chi connectivity index (χ1v) is 53.7. The zero-order valence-electron chi connectivity index (χ0n) is 94.9. The molecule has 0 fully saturated rings. The van der Waals surface area contributed by atoms with Crippen LogP contribution in [0.4, 0.5) is 34.1 Å². The van der Waals surface area contributed by atoms with E-state index in [1.165, 1.54) is 44.2 Å². The smallest absolute Gasteiger partial charge is 0.335 e. The van der Waals surface area contributed by atoms with Crippen molar-refractivity contribution in [3.05, 3.63) is 288 Å². The summed E-state index contributed by atoms with van der Waals surface area (Å²) in [5.41, 5.74) is -2.65. The lowest BCUT2D eigenvalue weighted by Gasteiger charge is -2.17. The SMILES string of the molecule is [2H]C(CCC)Nc1cc(C(=O)O)cc(S(N)(=O)=O)c1Oc1ccccc1.[2H]C(Nc1cc(C(=O)O)cc(S(N)(=O)=O)c1Oc1ccccc1)C([2H])([2H])CC.[2H]C([2H])(C)CCNc1cc(C(=O)O)cc(S(N)(=O)=O)c1Oc1ccccc1.[2H]C([2H])(CC)C([2H])([2H])Nc1cc(C(=O)O)cc(S(N)(=O)=O)c1Oc1ccccc1.[2H]C([2H])(CC)CNc1cc(C(=O)O)cc(S(N)(=O)=O)c1Oc1ccccc1.[2H]C([2H])(CCC)Nc1cc(C(=O)O)cc(S(N)(=O)=O)c1Oc1ccccc1. The first-order chi connectivity index (χ1) is 76.0. The Balaban J connectivity index is 0.000000264. The summed E-state index contributed by atoms with van der Waals surface area (Å²) in [6.07, 6.45) is -5.45. The van der Waals surface area contributed by atoms with Gasteiger partial charge in [-0.1, -0.05) is 189 Å². The van der Waals surface area contributed by atoms with Crippen LogP contribution in [0.15, 0.2) is 284 Å². The molecule has 0 bridgehead atoms. The molecule has 2 unspecified atom stereocenters. The highest BCUT2D eigenvalue weighted by Gasteiger charge is 2.31. The number of nitrogens with two attached hydrogens (primary N) is 6. The Labute approximate surface area is 889 Å². The minimum Gasteiger partial charge on any atom is -0.478 e. The Bertz CT molecular complexity index is 8090. The number of ether oxygens (including phenoxy) is 6. The monoisotopic (exact) mass is 2200 g/mol. The molecule has 48 heteroatoms. The first-order valence-electron chi connectivity index (χ1n) is 51.6. The lowest BCUT2D eigenvalue weighted by atomic mass is 10.1. The molecule has 12 rings (SSSR count). The number of nitrogens with one attached hydrogen (secondary N) is 6. The molecule has 12 aromatic rings. The zero-order chi connectivity index (χ0) is 123. The van der Waals surface area contributed by atoms with Crippen molar-refractivity contribution in [1.82, 2.24) is 0 Å². The maximum atomic E-state index is 12.1. The Morgan fingerprint density at radius 3 is 0.660 bits per heavy atom. The van der Waals surface area contributed by atoms with Crippen LogP contribution in [-0.4, -0.2) is 156 Å². The minimum absolute atomic E-state index is 0.00368. The number of carbonyl (C=O) groups is 6. The molecule has 804 valence electrons. The second-order valence-electron chi connectivity index (χ2n) is 30.5. The van der Waals surface area contributed by atoms with Gasteiger partial charge in [-0.2, -0.15) is 0 Å². The molecular weight excluding hydrogens is 2070 g/mol. The van der Waals surface area contributed by atoms with Crippen LogP contribution in [0.1, 0.15) is 200 Å². The highest BCUT2D eigenvalue weighted by molar-refractivity contribution is 7.90. The molecule has 2 atom stereocenters. The highest BCUT2D eigenvalue weighted by Crippen LogP contribution is 2.45. The first kappa shape index (κ1) is 100. The van der Waals surface area contributed by atoms with E-state index >= 15 is 0 Å². The van der Waals surface area contributed by atoms with Crippen molar-refractivity contribution in [2.45, 2.75) is 148 Å². The van der Waals surface area contributed by atoms with Crippen molar-refractivity contribution in [3.8, 4) is 69.0 Å². The van der Waals surface area contributed by atoms with E-state index in [-0.39, 0.29) is 148 Å². The third kappa shape index (κ3) is 39.0. The molecule has 24 N–H and O–H groups in total. The number of hydrogen-bond acceptors (Lipinski definition) is 30. The fourth-order valence-corrected chi connectivity index (χ4v) is 16.4. The van der Waals surface area contributed by atoms with Crippen LogP contribution in [0.3, 0.4) is 0 Å². The molecule has 0 heterocycles. The van der Waals surface area contributed by atoms with Gasteiger partial charge in [-0.25, -0.2) is 110 Å². The van der Waals surface area contributed by atoms with Gasteiger partial charge < -0.3 is 91.0 Å². The van der Waals surface area contributed by atoms with E-state index in [2.05, 4.69) is 31.9 Å². The summed E-state index contributed by atoms with van der Waals surface area (Å²) in [6, 6.07) is 61.4. The standard InChI is InChI=1S/6C17H20N2O5S/c6*1-2-3-9-19-14-10-12(17(20)21)11-15(25(18,22)23)16(14)24-13-7-5-4-6-8-13/h6*4-8,10-11,19H,2-3,9H2,1H3,(H,20,21)(H2,18,22,23)/i3D2,9D2;3D2,9D;9D2;9D;3D2;2D2. The number of carboxylic acids is 6. The molecule has 12 aromatic carbocycles. The Morgan fingerprint density at radius 2 is 0.453 bits per heavy atom. The molecule has 0 aromatic heterocycles. The predicted octanol–water partition coefficient (Wildman–Crippen LogP) is 18.2. The summed E-state index contributed by atoms with van der Waals surface area (Å²) < 4.78 is 289. The fraction of sp³-hybridized carbons (Fsp3) is 0.235. The fourth-order valence-electron chi connectivity index (χ4n) is 12.2. The van der Waals surface area contributed by atoms with Crippen molar-refractivity contribution < 1.29 is 158 Å². The van der Waals surface area contributed by atoms with Crippen molar-refractivity contribution in [2.24, 2.45) is 30.8 Å². The number of benzene rings is 12. The lowest BCUT2D eigenvalue weighted by Crippen LogP contribution is -2.16. The summed E-state index contributed by atoms with van der Waals surface area (Å²) in [5, 5.41) is 103. The molecule has 0 aliphatic carbocycles. The van der Waals surface area contributed by atoms with Gasteiger partial charge in [0.25, 0.3) is 0 Å². The van der Waals surface area contributed by atoms with Crippen molar-refractivity contribution in [1.29, 1.82) is 0 Å². The van der Waals surface area contributed by atoms with E-state index < -0.39 is 194 Å². The Morgan fingerprint density at radius 1 is 0.247 bits per heavy atom. The second kappa shape index (κ2) is 58.3. The summed E-state index contributed by atoms with van der Waals surface area (Å²) in [4.78, 5) is 65.1. The van der Waals surface area contributed by atoms with Crippen molar-refractivity contribution >= 4 is 130 Å². The van der Waals surface area contributed by atoms with E-state index in [1.54, 1.807) is 191 Å². The largest absolute Gasteiger partial charge is 0.478 e. The molecule has 0 saturated carbocycles. The molecule has 0 aliphatic heterocycles. The zero-order valence-corrected chi connectivity index (χ0v) is 85.8. The summed E-state index contributed by atoms with van der Waals surface area (Å²) in [7, 11) is -26.1. The summed E-state index contributed by atoms with van der Waals surface area (Å²) in [6.45, 7) is 2.77. The molecule has 42 nitrogen and oxygen atoms in total. The maximum absolute atomic E-state index is 12.1. The van der Waals surface area contributed by atoms with Gasteiger partial charge in [-0.05, 0) is 184 Å². The molecule has 0 spiro atoms. The van der Waals surface area contributed by atoms with Gasteiger partial charge in [0, 0.05) is 58.3 Å². The van der Waals surface area contributed by atoms with Gasteiger partial charge in [-0.15, -0.1) is 0 Å². The normalized spacial score (nSPS) is 13.5.